The fourth-order valence-electron chi connectivity index (χ4n) is 3.98. The van der Waals surface area contributed by atoms with Crippen molar-refractivity contribution < 1.29 is 9.53 Å². The van der Waals surface area contributed by atoms with E-state index in [2.05, 4.69) is 35.3 Å². The van der Waals surface area contributed by atoms with E-state index in [1.165, 1.54) is 7.11 Å². The van der Waals surface area contributed by atoms with Crippen molar-refractivity contribution in [1.29, 1.82) is 0 Å². The molecule has 0 atom stereocenters. The van der Waals surface area contributed by atoms with Crippen LogP contribution in [0.1, 0.15) is 11.4 Å². The largest absolute Gasteiger partial charge is 0.468 e. The summed E-state index contributed by atoms with van der Waals surface area (Å²) in [6, 6.07) is 15.6. The number of tetrazole rings is 1. The fourth-order valence-corrected chi connectivity index (χ4v) is 3.98. The van der Waals surface area contributed by atoms with Crippen LogP contribution in [-0.4, -0.2) is 52.8 Å². The van der Waals surface area contributed by atoms with Crippen LogP contribution in [0, 0.1) is 6.92 Å². The third-order valence-corrected chi connectivity index (χ3v) is 5.72. The number of carbonyl (C=O) groups excluding carboxylic acids is 1. The van der Waals surface area contributed by atoms with Crippen LogP contribution in [0.15, 0.2) is 58.1 Å². The number of hydrogen-bond acceptors (Lipinski definition) is 8. The van der Waals surface area contributed by atoms with Gasteiger partial charge in [-0.05, 0) is 34.0 Å². The second-order valence-corrected chi connectivity index (χ2v) is 7.83. The van der Waals surface area contributed by atoms with E-state index in [0.717, 1.165) is 26.8 Å². The lowest BCUT2D eigenvalue weighted by Crippen LogP contribution is -2.38. The van der Waals surface area contributed by atoms with Gasteiger partial charge in [-0.25, -0.2) is 19.4 Å². The summed E-state index contributed by atoms with van der Waals surface area (Å²) in [7, 11) is 1.19. The van der Waals surface area contributed by atoms with E-state index in [1.54, 1.807) is 11.5 Å². The molecule has 2 N–H and O–H groups in total. The first kappa shape index (κ1) is 21.9. The molecule has 12 nitrogen and oxygen atoms in total. The second kappa shape index (κ2) is 8.82. The Morgan fingerprint density at radius 1 is 1.03 bits per heavy atom. The molecule has 0 saturated carbocycles. The molecule has 5 aromatic rings. The summed E-state index contributed by atoms with van der Waals surface area (Å²) >= 11 is 0. The van der Waals surface area contributed by atoms with E-state index >= 15 is 0 Å². The SMILES string of the molecule is COC(=O)Cn1c(=O)[nH]c2nc(C)n(Cc3ccc(-c4ccccc4-c4nnn[nH]4)cc3)c2c1=O. The van der Waals surface area contributed by atoms with E-state index < -0.39 is 23.8 Å². The number of carbonyl (C=O) groups is 1. The molecule has 2 aromatic carbocycles. The minimum Gasteiger partial charge on any atom is -0.468 e. The van der Waals surface area contributed by atoms with Gasteiger partial charge in [0.05, 0.1) is 7.11 Å². The first-order valence-corrected chi connectivity index (χ1v) is 10.7. The highest BCUT2D eigenvalue weighted by molar-refractivity contribution is 5.80. The number of nitrogens with zero attached hydrogens (tertiary/aromatic N) is 6. The molecule has 5 rings (SSSR count). The molecule has 3 aromatic heterocycles. The van der Waals surface area contributed by atoms with E-state index in [9.17, 15) is 14.4 Å². The maximum Gasteiger partial charge on any atom is 0.330 e. The zero-order valence-corrected chi connectivity index (χ0v) is 18.8. The minimum absolute atomic E-state index is 0.171. The Labute approximate surface area is 197 Å². The predicted molar refractivity (Wildman–Crippen MR) is 126 cm³/mol. The van der Waals surface area contributed by atoms with Crippen LogP contribution in [0.4, 0.5) is 0 Å². The molecule has 0 fully saturated rings. The van der Waals surface area contributed by atoms with Gasteiger partial charge in [-0.2, -0.15) is 0 Å². The zero-order chi connectivity index (χ0) is 24.5. The number of esters is 1. The molecule has 12 heteroatoms. The predicted octanol–water partition coefficient (Wildman–Crippen LogP) is 1.26. The molecular weight excluding hydrogens is 452 g/mol. The first-order chi connectivity index (χ1) is 17.0. The lowest BCUT2D eigenvalue weighted by atomic mass is 9.98. The van der Waals surface area contributed by atoms with Crippen molar-refractivity contribution in [1.82, 2.24) is 39.7 Å². The number of aromatic nitrogens is 8. The molecule has 0 aliphatic carbocycles. The van der Waals surface area contributed by atoms with E-state index in [4.69, 9.17) is 0 Å². The molecule has 0 unspecified atom stereocenters. The van der Waals surface area contributed by atoms with Gasteiger partial charge in [0.1, 0.15) is 12.4 Å². The van der Waals surface area contributed by atoms with Gasteiger partial charge in [0, 0.05) is 12.1 Å². The topological polar surface area (TPSA) is 153 Å². The standard InChI is InChI=1S/C23H20N8O4/c1-13-24-21-19(22(33)31(23(34)25-21)12-18(32)35-2)30(13)11-14-7-9-15(10-8-14)16-5-3-4-6-17(16)20-26-28-29-27-20/h3-10H,11-12H2,1-2H3,(H,25,34)(H,26,27,28,29). The Morgan fingerprint density at radius 3 is 2.46 bits per heavy atom. The molecular formula is C23H20N8O4. The normalized spacial score (nSPS) is 11.1. The average molecular weight is 472 g/mol. The van der Waals surface area contributed by atoms with Crippen molar-refractivity contribution >= 4 is 17.1 Å². The molecule has 0 saturated heterocycles. The molecule has 0 radical (unpaired) electrons. The maximum atomic E-state index is 13.1. The number of hydrogen-bond donors (Lipinski definition) is 2. The Kier molecular flexibility index (Phi) is 5.53. The van der Waals surface area contributed by atoms with Crippen LogP contribution in [0.3, 0.4) is 0 Å². The first-order valence-electron chi connectivity index (χ1n) is 10.7. The molecule has 0 spiro atoms. The van der Waals surface area contributed by atoms with E-state index in [-0.39, 0.29) is 11.2 Å². The van der Waals surface area contributed by atoms with Crippen molar-refractivity contribution in [2.75, 3.05) is 7.11 Å². The van der Waals surface area contributed by atoms with Gasteiger partial charge in [-0.3, -0.25) is 14.6 Å². The maximum absolute atomic E-state index is 13.1. The van der Waals surface area contributed by atoms with Crippen molar-refractivity contribution in [2.24, 2.45) is 0 Å². The summed E-state index contributed by atoms with van der Waals surface area (Å²) < 4.78 is 7.12. The third-order valence-electron chi connectivity index (χ3n) is 5.72. The summed E-state index contributed by atoms with van der Waals surface area (Å²) in [5.74, 6) is 0.426. The van der Waals surface area contributed by atoms with Gasteiger partial charge in [0.15, 0.2) is 17.0 Å². The van der Waals surface area contributed by atoms with Gasteiger partial charge < -0.3 is 9.30 Å². The number of methoxy groups -OCH3 is 1. The lowest BCUT2D eigenvalue weighted by molar-refractivity contribution is -0.141. The number of ether oxygens (including phenoxy) is 1. The fraction of sp³-hybridized carbons (Fsp3) is 0.174. The summed E-state index contributed by atoms with van der Waals surface area (Å²) in [4.78, 5) is 44.0. The number of imidazole rings is 1. The smallest absolute Gasteiger partial charge is 0.330 e. The van der Waals surface area contributed by atoms with Crippen LogP contribution in [0.5, 0.6) is 0 Å². The summed E-state index contributed by atoms with van der Waals surface area (Å²) in [6.45, 7) is 1.61. The number of nitrogens with one attached hydrogen (secondary N) is 2. The third kappa shape index (κ3) is 4.01. The van der Waals surface area contributed by atoms with E-state index in [0.29, 0.717) is 18.2 Å². The van der Waals surface area contributed by atoms with Gasteiger partial charge in [0.25, 0.3) is 5.56 Å². The summed E-state index contributed by atoms with van der Waals surface area (Å²) in [6.07, 6.45) is 0. The van der Waals surface area contributed by atoms with Gasteiger partial charge >= 0.3 is 11.7 Å². The van der Waals surface area contributed by atoms with Crippen molar-refractivity contribution in [2.45, 2.75) is 20.0 Å². The van der Waals surface area contributed by atoms with Crippen LogP contribution in [0.2, 0.25) is 0 Å². The molecule has 0 amide bonds. The number of H-pyrrole nitrogens is 2. The summed E-state index contributed by atoms with van der Waals surface area (Å²) in [5.41, 5.74) is 2.77. The minimum atomic E-state index is -0.720. The Hall–Kier alpha value is -4.87. The van der Waals surface area contributed by atoms with Crippen LogP contribution >= 0.6 is 0 Å². The van der Waals surface area contributed by atoms with Gasteiger partial charge in [0.2, 0.25) is 0 Å². The van der Waals surface area contributed by atoms with Crippen LogP contribution < -0.4 is 11.2 Å². The molecule has 176 valence electrons. The van der Waals surface area contributed by atoms with Crippen molar-refractivity contribution in [3.63, 3.8) is 0 Å². The number of aromatic amines is 2. The molecule has 0 bridgehead atoms. The highest BCUT2D eigenvalue weighted by atomic mass is 16.5. The molecule has 35 heavy (non-hydrogen) atoms. The zero-order valence-electron chi connectivity index (χ0n) is 18.8. The highest BCUT2D eigenvalue weighted by Gasteiger charge is 2.18. The summed E-state index contributed by atoms with van der Waals surface area (Å²) in [5, 5.41) is 14.1. The van der Waals surface area contributed by atoms with Gasteiger partial charge in [-0.15, -0.1) is 5.10 Å². The Bertz CT molecular complexity index is 1650. The number of aryl methyl sites for hydroxylation is 1. The highest BCUT2D eigenvalue weighted by Crippen LogP contribution is 2.29. The number of benzene rings is 2. The molecule has 0 aliphatic heterocycles. The number of rotatable bonds is 6. The van der Waals surface area contributed by atoms with Crippen LogP contribution in [-0.2, 0) is 22.6 Å². The van der Waals surface area contributed by atoms with Crippen molar-refractivity contribution in [3.8, 4) is 22.5 Å². The molecule has 0 aliphatic rings. The Balaban J connectivity index is 1.51. The number of fused-ring (bicyclic) bond motifs is 1. The lowest BCUT2D eigenvalue weighted by Gasteiger charge is -2.10. The molecule has 3 heterocycles. The second-order valence-electron chi connectivity index (χ2n) is 7.83. The van der Waals surface area contributed by atoms with Gasteiger partial charge in [-0.1, -0.05) is 48.5 Å². The van der Waals surface area contributed by atoms with Crippen molar-refractivity contribution in [3.05, 3.63) is 80.8 Å². The quantitative estimate of drug-likeness (QED) is 0.350. The Morgan fingerprint density at radius 2 is 1.77 bits per heavy atom. The average Bonchev–Trinajstić information content (AvgIpc) is 3.50. The van der Waals surface area contributed by atoms with E-state index in [1.807, 2.05) is 48.5 Å². The van der Waals surface area contributed by atoms with Crippen LogP contribution in [0.25, 0.3) is 33.7 Å². The monoisotopic (exact) mass is 472 g/mol.